The van der Waals surface area contributed by atoms with Gasteiger partial charge in [0.15, 0.2) is 17.5 Å². The quantitative estimate of drug-likeness (QED) is 0.810. The molecule has 0 aliphatic heterocycles. The average molecular weight is 272 g/mol. The third-order valence-corrected chi connectivity index (χ3v) is 3.35. The van der Waals surface area contributed by atoms with Gasteiger partial charge in [0.25, 0.3) is 5.91 Å². The summed E-state index contributed by atoms with van der Waals surface area (Å²) in [7, 11) is 0. The van der Waals surface area contributed by atoms with E-state index in [1.807, 2.05) is 0 Å². The lowest BCUT2D eigenvalue weighted by molar-refractivity contribution is 0.0924. The number of nitrogens with one attached hydrogen (secondary N) is 1. The number of nitrogens with two attached hydrogens (primary N) is 1. The van der Waals surface area contributed by atoms with E-state index in [-0.39, 0.29) is 17.6 Å². The van der Waals surface area contributed by atoms with Gasteiger partial charge in [0.1, 0.15) is 0 Å². The largest absolute Gasteiger partial charge is 0.349 e. The van der Waals surface area contributed by atoms with Crippen LogP contribution in [-0.2, 0) is 0 Å². The summed E-state index contributed by atoms with van der Waals surface area (Å²) >= 11 is 0. The summed E-state index contributed by atoms with van der Waals surface area (Å²) in [6, 6.07) is 1.49. The standard InChI is InChI=1S/C13H15F3N2O/c14-10-5-7(6-11(15)12(10)16)13(19)18-9-3-1-8(17)2-4-9/h5-6,8-9H,1-4,17H2,(H,18,19). The minimum atomic E-state index is -1.57. The Hall–Kier alpha value is -1.56. The molecule has 1 amide bonds. The molecule has 3 nitrogen and oxygen atoms in total. The summed E-state index contributed by atoms with van der Waals surface area (Å²) < 4.78 is 38.8. The molecule has 0 radical (unpaired) electrons. The van der Waals surface area contributed by atoms with Crippen molar-refractivity contribution in [2.75, 3.05) is 0 Å². The molecule has 2 rings (SSSR count). The lowest BCUT2D eigenvalue weighted by atomic mass is 9.91. The summed E-state index contributed by atoms with van der Waals surface area (Å²) in [5.41, 5.74) is 5.53. The molecule has 0 bridgehead atoms. The van der Waals surface area contributed by atoms with Gasteiger partial charge in [-0.3, -0.25) is 4.79 Å². The van der Waals surface area contributed by atoms with Crippen molar-refractivity contribution in [2.45, 2.75) is 37.8 Å². The fourth-order valence-corrected chi connectivity index (χ4v) is 2.22. The van der Waals surface area contributed by atoms with Crippen LogP contribution in [0.3, 0.4) is 0 Å². The van der Waals surface area contributed by atoms with Gasteiger partial charge >= 0.3 is 0 Å². The van der Waals surface area contributed by atoms with Crippen LogP contribution in [0.4, 0.5) is 13.2 Å². The highest BCUT2D eigenvalue weighted by Gasteiger charge is 2.22. The normalized spacial score (nSPS) is 23.2. The molecule has 6 heteroatoms. The molecule has 0 spiro atoms. The first kappa shape index (κ1) is 13.9. The molecule has 1 aromatic rings. The molecule has 0 unspecified atom stereocenters. The second-order valence-corrected chi connectivity index (χ2v) is 4.84. The zero-order chi connectivity index (χ0) is 14.0. The van der Waals surface area contributed by atoms with E-state index in [0.29, 0.717) is 12.1 Å². The van der Waals surface area contributed by atoms with Crippen LogP contribution in [0.1, 0.15) is 36.0 Å². The van der Waals surface area contributed by atoms with Gasteiger partial charge in [-0.25, -0.2) is 13.2 Å². The Morgan fingerprint density at radius 3 is 2.16 bits per heavy atom. The van der Waals surface area contributed by atoms with Crippen LogP contribution in [0.25, 0.3) is 0 Å². The third-order valence-electron chi connectivity index (χ3n) is 3.35. The highest BCUT2D eigenvalue weighted by atomic mass is 19.2. The van der Waals surface area contributed by atoms with E-state index < -0.39 is 23.4 Å². The van der Waals surface area contributed by atoms with Crippen molar-refractivity contribution in [1.29, 1.82) is 0 Å². The first-order chi connectivity index (χ1) is 8.97. The van der Waals surface area contributed by atoms with E-state index in [2.05, 4.69) is 5.32 Å². The fraction of sp³-hybridized carbons (Fsp3) is 0.462. The van der Waals surface area contributed by atoms with E-state index in [9.17, 15) is 18.0 Å². The number of carbonyl (C=O) groups is 1. The number of hydrogen-bond acceptors (Lipinski definition) is 2. The van der Waals surface area contributed by atoms with Gasteiger partial charge in [-0.15, -0.1) is 0 Å². The van der Waals surface area contributed by atoms with Crippen LogP contribution in [0.5, 0.6) is 0 Å². The van der Waals surface area contributed by atoms with Gasteiger partial charge in [-0.05, 0) is 37.8 Å². The zero-order valence-electron chi connectivity index (χ0n) is 10.3. The minimum Gasteiger partial charge on any atom is -0.349 e. The predicted molar refractivity (Wildman–Crippen MR) is 64.0 cm³/mol. The molecule has 1 fully saturated rings. The molecule has 104 valence electrons. The van der Waals surface area contributed by atoms with Crippen LogP contribution >= 0.6 is 0 Å². The van der Waals surface area contributed by atoms with Crippen molar-refractivity contribution < 1.29 is 18.0 Å². The highest BCUT2D eigenvalue weighted by molar-refractivity contribution is 5.94. The molecule has 0 saturated heterocycles. The van der Waals surface area contributed by atoms with Crippen LogP contribution < -0.4 is 11.1 Å². The van der Waals surface area contributed by atoms with Crippen molar-refractivity contribution in [3.05, 3.63) is 35.1 Å². The Morgan fingerprint density at radius 1 is 1.11 bits per heavy atom. The SMILES string of the molecule is NC1CCC(NC(=O)c2cc(F)c(F)c(F)c2)CC1. The summed E-state index contributed by atoms with van der Waals surface area (Å²) in [6.07, 6.45) is 3.08. The molecule has 1 saturated carbocycles. The Kier molecular flexibility index (Phi) is 4.09. The van der Waals surface area contributed by atoms with Crippen molar-refractivity contribution in [3.8, 4) is 0 Å². The second-order valence-electron chi connectivity index (χ2n) is 4.84. The van der Waals surface area contributed by atoms with E-state index in [4.69, 9.17) is 5.73 Å². The van der Waals surface area contributed by atoms with Gasteiger partial charge in [-0.2, -0.15) is 0 Å². The maximum atomic E-state index is 13.0. The molecule has 0 aromatic heterocycles. The van der Waals surface area contributed by atoms with E-state index >= 15 is 0 Å². The Labute approximate surface area is 109 Å². The topological polar surface area (TPSA) is 55.1 Å². The number of carbonyl (C=O) groups excluding carboxylic acids is 1. The summed E-state index contributed by atoms with van der Waals surface area (Å²) in [5, 5.41) is 2.68. The predicted octanol–water partition coefficient (Wildman–Crippen LogP) is 2.10. The van der Waals surface area contributed by atoms with Crippen molar-refractivity contribution in [3.63, 3.8) is 0 Å². The van der Waals surface area contributed by atoms with E-state index in [0.717, 1.165) is 25.7 Å². The molecule has 3 N–H and O–H groups in total. The van der Waals surface area contributed by atoms with Gasteiger partial charge in [0, 0.05) is 17.6 Å². The first-order valence-electron chi connectivity index (χ1n) is 6.18. The van der Waals surface area contributed by atoms with Gasteiger partial charge in [0.05, 0.1) is 0 Å². The molecule has 0 heterocycles. The molecule has 1 aliphatic carbocycles. The second kappa shape index (κ2) is 5.61. The van der Waals surface area contributed by atoms with E-state index in [1.54, 1.807) is 0 Å². The number of halogens is 3. The van der Waals surface area contributed by atoms with Crippen LogP contribution in [0, 0.1) is 17.5 Å². The zero-order valence-corrected chi connectivity index (χ0v) is 10.3. The van der Waals surface area contributed by atoms with Crippen molar-refractivity contribution in [1.82, 2.24) is 5.32 Å². The first-order valence-corrected chi connectivity index (χ1v) is 6.18. The summed E-state index contributed by atoms with van der Waals surface area (Å²) in [4.78, 5) is 11.8. The smallest absolute Gasteiger partial charge is 0.251 e. The van der Waals surface area contributed by atoms with Gasteiger partial charge in [-0.1, -0.05) is 0 Å². The number of rotatable bonds is 2. The highest BCUT2D eigenvalue weighted by Crippen LogP contribution is 2.18. The van der Waals surface area contributed by atoms with Gasteiger partial charge in [0.2, 0.25) is 0 Å². The van der Waals surface area contributed by atoms with Crippen molar-refractivity contribution in [2.24, 2.45) is 5.73 Å². The molecule has 1 aliphatic rings. The number of benzene rings is 1. The van der Waals surface area contributed by atoms with Crippen LogP contribution in [0.2, 0.25) is 0 Å². The number of amides is 1. The summed E-state index contributed by atoms with van der Waals surface area (Å²) in [5.74, 6) is -4.90. The van der Waals surface area contributed by atoms with Gasteiger partial charge < -0.3 is 11.1 Å². The molecular weight excluding hydrogens is 257 g/mol. The monoisotopic (exact) mass is 272 g/mol. The lowest BCUT2D eigenvalue weighted by Crippen LogP contribution is -2.40. The molecule has 19 heavy (non-hydrogen) atoms. The maximum Gasteiger partial charge on any atom is 0.251 e. The third kappa shape index (κ3) is 3.26. The molecule has 1 aromatic carbocycles. The summed E-state index contributed by atoms with van der Waals surface area (Å²) in [6.45, 7) is 0. The molecule has 0 atom stereocenters. The fourth-order valence-electron chi connectivity index (χ4n) is 2.22. The average Bonchev–Trinajstić information content (AvgIpc) is 2.38. The van der Waals surface area contributed by atoms with Crippen LogP contribution in [0.15, 0.2) is 12.1 Å². The Morgan fingerprint density at radius 2 is 1.63 bits per heavy atom. The molecular formula is C13H15F3N2O. The van der Waals surface area contributed by atoms with Crippen molar-refractivity contribution >= 4 is 5.91 Å². The number of hydrogen-bond donors (Lipinski definition) is 2. The Balaban J connectivity index is 2.04. The minimum absolute atomic E-state index is 0.0523. The van der Waals surface area contributed by atoms with Crippen LogP contribution in [-0.4, -0.2) is 18.0 Å². The lowest BCUT2D eigenvalue weighted by Gasteiger charge is -2.26. The maximum absolute atomic E-state index is 13.0. The Bertz CT molecular complexity index is 462. The van der Waals surface area contributed by atoms with E-state index in [1.165, 1.54) is 0 Å².